The number of rotatable bonds is 4. The van der Waals surface area contributed by atoms with E-state index in [1.54, 1.807) is 14.2 Å². The maximum absolute atomic E-state index is 10.9. The molecule has 1 heterocycles. The van der Waals surface area contributed by atoms with Crippen LogP contribution in [0.15, 0.2) is 12.1 Å². The third-order valence-corrected chi connectivity index (χ3v) is 3.65. The second-order valence-electron chi connectivity index (χ2n) is 4.70. The van der Waals surface area contributed by atoms with Gasteiger partial charge in [-0.15, -0.1) is 12.4 Å². The number of ether oxygens (including phenoxy) is 2. The first kappa shape index (κ1) is 16.6. The molecule has 0 bridgehead atoms. The molecule has 1 unspecified atom stereocenters. The molecule has 112 valence electrons. The van der Waals surface area contributed by atoms with Crippen LogP contribution in [0.2, 0.25) is 0 Å². The van der Waals surface area contributed by atoms with E-state index in [1.807, 2.05) is 24.0 Å². The van der Waals surface area contributed by atoms with Crippen LogP contribution in [0.5, 0.6) is 11.5 Å². The van der Waals surface area contributed by atoms with Gasteiger partial charge in [-0.1, -0.05) is 0 Å². The molecule has 0 fully saturated rings. The Balaban J connectivity index is 0.00000200. The molecule has 1 aromatic carbocycles. The normalized spacial score (nSPS) is 17.9. The van der Waals surface area contributed by atoms with Gasteiger partial charge in [0.25, 0.3) is 0 Å². The summed E-state index contributed by atoms with van der Waals surface area (Å²) >= 11 is 0. The summed E-state index contributed by atoms with van der Waals surface area (Å²) in [5.74, 6) is 0.612. The van der Waals surface area contributed by atoms with Crippen molar-refractivity contribution in [2.75, 3.05) is 27.3 Å². The summed E-state index contributed by atoms with van der Waals surface area (Å²) < 4.78 is 10.6. The summed E-state index contributed by atoms with van der Waals surface area (Å²) in [6, 6.07) is 4.01. The van der Waals surface area contributed by atoms with Crippen molar-refractivity contribution in [3.63, 3.8) is 0 Å². The molecule has 1 N–H and O–H groups in total. The molecule has 20 heavy (non-hydrogen) atoms. The van der Waals surface area contributed by atoms with Crippen LogP contribution in [-0.4, -0.2) is 43.3 Å². The Labute approximate surface area is 124 Å². The van der Waals surface area contributed by atoms with E-state index in [0.29, 0.717) is 5.75 Å². The summed E-state index contributed by atoms with van der Waals surface area (Å²) in [6.45, 7) is 2.83. The maximum atomic E-state index is 10.9. The van der Waals surface area contributed by atoms with Crippen molar-refractivity contribution >= 4 is 18.4 Å². The molecule has 1 aromatic rings. The standard InChI is InChI=1S/C14H19NO4.ClH/c1-9-11-7-13(19-3)12(18-2)6-10(11)4-5-15(9)8-14(16)17;/h6-7,9H,4-5,8H2,1-3H3,(H,16,17);1H. The van der Waals surface area contributed by atoms with E-state index in [0.717, 1.165) is 24.3 Å². The molecule has 1 atom stereocenters. The molecule has 0 aromatic heterocycles. The first-order valence-electron chi connectivity index (χ1n) is 6.27. The lowest BCUT2D eigenvalue weighted by Gasteiger charge is -2.34. The SMILES string of the molecule is COc1cc2c(cc1OC)C(C)N(CC(=O)O)CC2.Cl. The van der Waals surface area contributed by atoms with E-state index in [4.69, 9.17) is 14.6 Å². The van der Waals surface area contributed by atoms with Gasteiger partial charge in [-0.2, -0.15) is 0 Å². The number of fused-ring (bicyclic) bond motifs is 1. The van der Waals surface area contributed by atoms with E-state index in [2.05, 4.69) is 0 Å². The van der Waals surface area contributed by atoms with Crippen LogP contribution >= 0.6 is 12.4 Å². The van der Waals surface area contributed by atoms with E-state index in [1.165, 1.54) is 5.56 Å². The Bertz CT molecular complexity index is 492. The molecular formula is C14H20ClNO4. The molecule has 1 aliphatic rings. The molecule has 0 amide bonds. The van der Waals surface area contributed by atoms with Gasteiger partial charge in [0, 0.05) is 12.6 Å². The number of aliphatic carboxylic acids is 1. The minimum absolute atomic E-state index is 0. The summed E-state index contributed by atoms with van der Waals surface area (Å²) in [6.07, 6.45) is 0.827. The van der Waals surface area contributed by atoms with Gasteiger partial charge in [0.05, 0.1) is 20.8 Å². The molecule has 0 spiro atoms. The Kier molecular flexibility index (Phi) is 5.65. The molecule has 0 saturated heterocycles. The predicted molar refractivity (Wildman–Crippen MR) is 78.1 cm³/mol. The Morgan fingerprint density at radius 2 is 1.95 bits per heavy atom. The molecule has 5 nitrogen and oxygen atoms in total. The van der Waals surface area contributed by atoms with Gasteiger partial charge >= 0.3 is 5.97 Å². The topological polar surface area (TPSA) is 59.0 Å². The number of carboxylic acid groups (broad SMARTS) is 1. The van der Waals surface area contributed by atoms with Crippen LogP contribution in [0.1, 0.15) is 24.1 Å². The Morgan fingerprint density at radius 1 is 1.35 bits per heavy atom. The summed E-state index contributed by atoms with van der Waals surface area (Å²) in [5, 5.41) is 8.93. The number of hydrogen-bond donors (Lipinski definition) is 1. The van der Waals surface area contributed by atoms with E-state index in [9.17, 15) is 4.79 Å². The Hall–Kier alpha value is -1.46. The number of halogens is 1. The molecule has 0 aliphatic carbocycles. The van der Waals surface area contributed by atoms with Crippen LogP contribution in [0.4, 0.5) is 0 Å². The predicted octanol–water partition coefficient (Wildman–Crippen LogP) is 2.13. The number of nitrogens with zero attached hydrogens (tertiary/aromatic N) is 1. The van der Waals surface area contributed by atoms with Crippen LogP contribution in [0, 0.1) is 0 Å². The van der Waals surface area contributed by atoms with Gasteiger partial charge in [0.15, 0.2) is 11.5 Å². The minimum atomic E-state index is -0.796. The van der Waals surface area contributed by atoms with Crippen molar-refractivity contribution in [2.24, 2.45) is 0 Å². The van der Waals surface area contributed by atoms with Gasteiger partial charge in [-0.05, 0) is 36.6 Å². The van der Waals surface area contributed by atoms with Crippen molar-refractivity contribution in [3.05, 3.63) is 23.3 Å². The van der Waals surface area contributed by atoms with Gasteiger partial charge < -0.3 is 14.6 Å². The average Bonchev–Trinajstić information content (AvgIpc) is 2.40. The van der Waals surface area contributed by atoms with Gasteiger partial charge in [0.1, 0.15) is 0 Å². The van der Waals surface area contributed by atoms with Gasteiger partial charge in [0.2, 0.25) is 0 Å². The zero-order chi connectivity index (χ0) is 14.0. The zero-order valence-electron chi connectivity index (χ0n) is 11.9. The summed E-state index contributed by atoms with van der Waals surface area (Å²) in [5.41, 5.74) is 2.32. The smallest absolute Gasteiger partial charge is 0.317 e. The summed E-state index contributed by atoms with van der Waals surface area (Å²) in [7, 11) is 3.22. The fourth-order valence-electron chi connectivity index (χ4n) is 2.59. The zero-order valence-corrected chi connectivity index (χ0v) is 12.7. The highest BCUT2D eigenvalue weighted by atomic mass is 35.5. The van der Waals surface area contributed by atoms with Crippen LogP contribution < -0.4 is 9.47 Å². The van der Waals surface area contributed by atoms with Crippen molar-refractivity contribution in [2.45, 2.75) is 19.4 Å². The first-order valence-corrected chi connectivity index (χ1v) is 6.27. The highest BCUT2D eigenvalue weighted by Gasteiger charge is 2.26. The number of carbonyl (C=O) groups is 1. The van der Waals surface area contributed by atoms with Crippen molar-refractivity contribution < 1.29 is 19.4 Å². The van der Waals surface area contributed by atoms with Crippen molar-refractivity contribution in [1.29, 1.82) is 0 Å². The minimum Gasteiger partial charge on any atom is -0.493 e. The van der Waals surface area contributed by atoms with E-state index < -0.39 is 5.97 Å². The fourth-order valence-corrected chi connectivity index (χ4v) is 2.59. The van der Waals surface area contributed by atoms with E-state index in [-0.39, 0.29) is 25.0 Å². The largest absolute Gasteiger partial charge is 0.493 e. The van der Waals surface area contributed by atoms with Crippen molar-refractivity contribution in [3.8, 4) is 11.5 Å². The monoisotopic (exact) mass is 301 g/mol. The van der Waals surface area contributed by atoms with Gasteiger partial charge in [-0.25, -0.2) is 0 Å². The number of benzene rings is 1. The average molecular weight is 302 g/mol. The quantitative estimate of drug-likeness (QED) is 0.923. The number of hydrogen-bond acceptors (Lipinski definition) is 4. The molecular weight excluding hydrogens is 282 g/mol. The fraction of sp³-hybridized carbons (Fsp3) is 0.500. The van der Waals surface area contributed by atoms with Crippen LogP contribution in [-0.2, 0) is 11.2 Å². The van der Waals surface area contributed by atoms with E-state index >= 15 is 0 Å². The molecule has 6 heteroatoms. The van der Waals surface area contributed by atoms with Crippen molar-refractivity contribution in [1.82, 2.24) is 4.90 Å². The third-order valence-electron chi connectivity index (χ3n) is 3.65. The maximum Gasteiger partial charge on any atom is 0.317 e. The van der Waals surface area contributed by atoms with Crippen LogP contribution in [0.3, 0.4) is 0 Å². The number of carboxylic acids is 1. The molecule has 0 radical (unpaired) electrons. The lowest BCUT2D eigenvalue weighted by molar-refractivity contribution is -0.139. The lowest BCUT2D eigenvalue weighted by Crippen LogP contribution is -2.37. The molecule has 2 rings (SSSR count). The number of methoxy groups -OCH3 is 2. The highest BCUT2D eigenvalue weighted by molar-refractivity contribution is 5.85. The summed E-state index contributed by atoms with van der Waals surface area (Å²) in [4.78, 5) is 12.8. The second kappa shape index (κ2) is 6.81. The molecule has 0 saturated carbocycles. The first-order chi connectivity index (χ1) is 9.06. The molecule has 1 aliphatic heterocycles. The van der Waals surface area contributed by atoms with Crippen LogP contribution in [0.25, 0.3) is 0 Å². The highest BCUT2D eigenvalue weighted by Crippen LogP contribution is 2.37. The second-order valence-corrected chi connectivity index (χ2v) is 4.70. The Morgan fingerprint density at radius 3 is 2.50 bits per heavy atom. The van der Waals surface area contributed by atoms with Gasteiger partial charge in [-0.3, -0.25) is 9.69 Å². The third kappa shape index (κ3) is 3.16. The lowest BCUT2D eigenvalue weighted by atomic mass is 9.93.